The summed E-state index contributed by atoms with van der Waals surface area (Å²) >= 11 is 0. The summed E-state index contributed by atoms with van der Waals surface area (Å²) in [6, 6.07) is 11.9. The number of benzene rings is 1. The summed E-state index contributed by atoms with van der Waals surface area (Å²) in [6.45, 7) is 7.00. The highest BCUT2D eigenvalue weighted by Crippen LogP contribution is 2.32. The highest BCUT2D eigenvalue weighted by Gasteiger charge is 2.33. The molecule has 0 N–H and O–H groups in total. The second kappa shape index (κ2) is 8.55. The van der Waals surface area contributed by atoms with Crippen molar-refractivity contribution in [2.75, 3.05) is 20.1 Å². The lowest BCUT2D eigenvalue weighted by molar-refractivity contribution is -0.140. The van der Waals surface area contributed by atoms with Crippen molar-refractivity contribution in [2.24, 2.45) is 5.92 Å². The summed E-state index contributed by atoms with van der Waals surface area (Å²) in [6.07, 6.45) is 3.21. The van der Waals surface area contributed by atoms with E-state index in [1.165, 1.54) is 0 Å². The summed E-state index contributed by atoms with van der Waals surface area (Å²) in [7, 11) is 1.88. The van der Waals surface area contributed by atoms with Crippen molar-refractivity contribution in [1.82, 2.24) is 14.8 Å². The number of piperidine rings is 1. The molecule has 0 saturated carbocycles. The van der Waals surface area contributed by atoms with Gasteiger partial charge in [0.25, 0.3) is 0 Å². The number of pyridine rings is 1. The molecule has 5 nitrogen and oxygen atoms in total. The number of hydrogen-bond acceptors (Lipinski definition) is 3. The predicted octanol–water partition coefficient (Wildman–Crippen LogP) is 3.50. The lowest BCUT2D eigenvalue weighted by atomic mass is 9.91. The minimum absolute atomic E-state index is 0.0591. The number of carbonyl (C=O) groups is 2. The standard InChI is InChI=1S/C23H29N3O2/c1-16-8-5-6-10-20(16)22(21-17(2)9-7-13-24-21)25(4)23(28)19-11-14-26(15-12-19)18(3)27/h5-10,13,19,22H,11-12,14-15H2,1-4H3. The Bertz CT molecular complexity index is 811. The molecule has 1 saturated heterocycles. The summed E-state index contributed by atoms with van der Waals surface area (Å²) in [5.74, 6) is 0.152. The molecule has 1 aromatic heterocycles. The molecule has 0 radical (unpaired) electrons. The van der Waals surface area contributed by atoms with E-state index in [-0.39, 0.29) is 23.8 Å². The van der Waals surface area contributed by atoms with Gasteiger partial charge in [0.2, 0.25) is 11.8 Å². The van der Waals surface area contributed by atoms with Gasteiger partial charge in [-0.1, -0.05) is 30.3 Å². The van der Waals surface area contributed by atoms with Crippen LogP contribution >= 0.6 is 0 Å². The van der Waals surface area contributed by atoms with Crippen LogP contribution < -0.4 is 0 Å². The van der Waals surface area contributed by atoms with Crippen LogP contribution in [0, 0.1) is 19.8 Å². The molecule has 2 amide bonds. The molecular weight excluding hydrogens is 350 g/mol. The first kappa shape index (κ1) is 20.1. The zero-order valence-electron chi connectivity index (χ0n) is 17.2. The number of likely N-dealkylation sites (tertiary alicyclic amines) is 1. The molecule has 1 aromatic carbocycles. The molecular formula is C23H29N3O2. The fourth-order valence-electron chi connectivity index (χ4n) is 4.07. The van der Waals surface area contributed by atoms with Crippen LogP contribution in [0.3, 0.4) is 0 Å². The van der Waals surface area contributed by atoms with Gasteiger partial charge >= 0.3 is 0 Å². The zero-order chi connectivity index (χ0) is 20.3. The topological polar surface area (TPSA) is 53.5 Å². The molecule has 1 atom stereocenters. The quantitative estimate of drug-likeness (QED) is 0.817. The molecule has 1 unspecified atom stereocenters. The second-order valence-corrected chi connectivity index (χ2v) is 7.69. The van der Waals surface area contributed by atoms with Crippen LogP contribution in [0.15, 0.2) is 42.6 Å². The van der Waals surface area contributed by atoms with E-state index in [2.05, 4.69) is 24.0 Å². The molecule has 0 bridgehead atoms. The molecule has 0 spiro atoms. The second-order valence-electron chi connectivity index (χ2n) is 7.69. The van der Waals surface area contributed by atoms with Gasteiger partial charge in [0.15, 0.2) is 0 Å². The lowest BCUT2D eigenvalue weighted by Crippen LogP contribution is -2.44. The van der Waals surface area contributed by atoms with Crippen molar-refractivity contribution in [2.45, 2.75) is 39.7 Å². The molecule has 1 fully saturated rings. The minimum atomic E-state index is -0.222. The number of aromatic nitrogens is 1. The molecule has 1 aliphatic heterocycles. The van der Waals surface area contributed by atoms with Crippen molar-refractivity contribution < 1.29 is 9.59 Å². The van der Waals surface area contributed by atoms with Gasteiger partial charge in [0, 0.05) is 39.2 Å². The van der Waals surface area contributed by atoms with E-state index >= 15 is 0 Å². The van der Waals surface area contributed by atoms with E-state index in [1.807, 2.05) is 48.0 Å². The van der Waals surface area contributed by atoms with Gasteiger partial charge in [-0.15, -0.1) is 0 Å². The van der Waals surface area contributed by atoms with E-state index in [9.17, 15) is 9.59 Å². The molecule has 2 aromatic rings. The van der Waals surface area contributed by atoms with Crippen molar-refractivity contribution in [3.63, 3.8) is 0 Å². The van der Waals surface area contributed by atoms with Gasteiger partial charge in [0.05, 0.1) is 11.7 Å². The molecule has 0 aliphatic carbocycles. The number of aryl methyl sites for hydroxylation is 2. The van der Waals surface area contributed by atoms with Crippen LogP contribution in [0.25, 0.3) is 0 Å². The van der Waals surface area contributed by atoms with E-state index < -0.39 is 0 Å². The fraction of sp³-hybridized carbons (Fsp3) is 0.435. The third-order valence-corrected chi connectivity index (χ3v) is 5.82. The first-order chi connectivity index (χ1) is 13.4. The number of carbonyl (C=O) groups excluding carboxylic acids is 2. The summed E-state index contributed by atoms with van der Waals surface area (Å²) < 4.78 is 0. The lowest BCUT2D eigenvalue weighted by Gasteiger charge is -2.36. The summed E-state index contributed by atoms with van der Waals surface area (Å²) in [4.78, 5) is 33.3. The van der Waals surface area contributed by atoms with Crippen LogP contribution in [-0.4, -0.2) is 46.7 Å². The van der Waals surface area contributed by atoms with Crippen LogP contribution in [0.1, 0.15) is 48.2 Å². The van der Waals surface area contributed by atoms with E-state index in [4.69, 9.17) is 0 Å². The third kappa shape index (κ3) is 4.08. The predicted molar refractivity (Wildman–Crippen MR) is 110 cm³/mol. The van der Waals surface area contributed by atoms with Crippen molar-refractivity contribution in [3.8, 4) is 0 Å². The molecule has 5 heteroatoms. The summed E-state index contributed by atoms with van der Waals surface area (Å²) in [5, 5.41) is 0. The maximum atomic E-state index is 13.4. The largest absolute Gasteiger partial charge is 0.343 e. The van der Waals surface area contributed by atoms with Crippen molar-refractivity contribution in [1.29, 1.82) is 0 Å². The Balaban J connectivity index is 1.90. The summed E-state index contributed by atoms with van der Waals surface area (Å²) in [5.41, 5.74) is 4.22. The molecule has 28 heavy (non-hydrogen) atoms. The van der Waals surface area contributed by atoms with Crippen LogP contribution in [-0.2, 0) is 9.59 Å². The zero-order valence-corrected chi connectivity index (χ0v) is 17.2. The van der Waals surface area contributed by atoms with Gasteiger partial charge in [0.1, 0.15) is 0 Å². The van der Waals surface area contributed by atoms with E-state index in [1.54, 1.807) is 13.1 Å². The number of hydrogen-bond donors (Lipinski definition) is 0. The fourth-order valence-corrected chi connectivity index (χ4v) is 4.07. The highest BCUT2D eigenvalue weighted by molar-refractivity contribution is 5.80. The third-order valence-electron chi connectivity index (χ3n) is 5.82. The van der Waals surface area contributed by atoms with Crippen LogP contribution in [0.4, 0.5) is 0 Å². The average Bonchev–Trinajstić information content (AvgIpc) is 2.70. The SMILES string of the molecule is CC(=O)N1CCC(C(=O)N(C)C(c2ccccc2C)c2ncccc2C)CC1. The average molecular weight is 380 g/mol. The Labute approximate surface area is 167 Å². The number of amides is 2. The minimum Gasteiger partial charge on any atom is -0.343 e. The first-order valence-corrected chi connectivity index (χ1v) is 9.89. The van der Waals surface area contributed by atoms with Crippen molar-refractivity contribution in [3.05, 3.63) is 65.0 Å². The monoisotopic (exact) mass is 379 g/mol. The molecule has 148 valence electrons. The highest BCUT2D eigenvalue weighted by atomic mass is 16.2. The van der Waals surface area contributed by atoms with Gasteiger partial charge < -0.3 is 9.80 Å². The maximum Gasteiger partial charge on any atom is 0.226 e. The molecule has 2 heterocycles. The Morgan fingerprint density at radius 2 is 1.71 bits per heavy atom. The normalized spacial score (nSPS) is 15.9. The van der Waals surface area contributed by atoms with Crippen molar-refractivity contribution >= 4 is 11.8 Å². The Kier molecular flexibility index (Phi) is 6.12. The number of rotatable bonds is 4. The molecule has 3 rings (SSSR count). The van der Waals surface area contributed by atoms with Gasteiger partial charge in [-0.2, -0.15) is 0 Å². The Hall–Kier alpha value is -2.69. The first-order valence-electron chi connectivity index (χ1n) is 9.89. The van der Waals surface area contributed by atoms with E-state index in [0.717, 1.165) is 22.4 Å². The van der Waals surface area contributed by atoms with Gasteiger partial charge in [-0.05, 0) is 49.4 Å². The number of nitrogens with zero attached hydrogens (tertiary/aromatic N) is 3. The molecule has 1 aliphatic rings. The maximum absolute atomic E-state index is 13.4. The van der Waals surface area contributed by atoms with Crippen LogP contribution in [0.2, 0.25) is 0 Å². The van der Waals surface area contributed by atoms with Gasteiger partial charge in [-0.25, -0.2) is 0 Å². The van der Waals surface area contributed by atoms with Crippen LogP contribution in [0.5, 0.6) is 0 Å². The Morgan fingerprint density at radius 1 is 1.07 bits per heavy atom. The van der Waals surface area contributed by atoms with Gasteiger partial charge in [-0.3, -0.25) is 14.6 Å². The van der Waals surface area contributed by atoms with E-state index in [0.29, 0.717) is 25.9 Å². The Morgan fingerprint density at radius 3 is 2.32 bits per heavy atom. The smallest absolute Gasteiger partial charge is 0.226 e.